The van der Waals surface area contributed by atoms with Crippen molar-refractivity contribution < 1.29 is 4.52 Å². The molecule has 0 aliphatic heterocycles. The van der Waals surface area contributed by atoms with E-state index in [1.807, 2.05) is 41.1 Å². The Kier molecular flexibility index (Phi) is 4.12. The van der Waals surface area contributed by atoms with Gasteiger partial charge >= 0.3 is 0 Å². The molecule has 6 nitrogen and oxygen atoms in total. The smallest absolute Gasteiger partial charge is 0.272 e. The highest BCUT2D eigenvalue weighted by Crippen LogP contribution is 2.32. The van der Waals surface area contributed by atoms with Crippen LogP contribution in [0.1, 0.15) is 43.0 Å². The first-order valence-electron chi connectivity index (χ1n) is 9.53. The van der Waals surface area contributed by atoms with E-state index >= 15 is 0 Å². The molecule has 0 N–H and O–H groups in total. The van der Waals surface area contributed by atoms with Gasteiger partial charge in [-0.1, -0.05) is 18.0 Å². The van der Waals surface area contributed by atoms with Gasteiger partial charge in [-0.05, 0) is 61.9 Å². The Balaban J connectivity index is 1.61. The van der Waals surface area contributed by atoms with Crippen molar-refractivity contribution in [1.29, 1.82) is 0 Å². The monoisotopic (exact) mass is 392 g/mol. The largest absolute Gasteiger partial charge is 0.333 e. The van der Waals surface area contributed by atoms with Crippen LogP contribution in [0.4, 0.5) is 0 Å². The van der Waals surface area contributed by atoms with Gasteiger partial charge in [0, 0.05) is 11.6 Å². The third kappa shape index (κ3) is 2.77. The highest BCUT2D eigenvalue weighted by Gasteiger charge is 2.22. The number of aromatic nitrogens is 4. The molecule has 5 rings (SSSR count). The van der Waals surface area contributed by atoms with Crippen LogP contribution >= 0.6 is 11.3 Å². The lowest BCUT2D eigenvalue weighted by Crippen LogP contribution is -2.26. The van der Waals surface area contributed by atoms with E-state index in [4.69, 9.17) is 4.52 Å². The minimum absolute atomic E-state index is 0.0159. The number of nitrogens with zero attached hydrogens (tertiary/aromatic N) is 4. The van der Waals surface area contributed by atoms with Crippen LogP contribution < -0.4 is 5.56 Å². The Labute approximate surface area is 165 Å². The lowest BCUT2D eigenvalue weighted by Gasteiger charge is -2.17. The van der Waals surface area contributed by atoms with E-state index in [1.54, 1.807) is 18.3 Å². The zero-order valence-corrected chi connectivity index (χ0v) is 16.6. The van der Waals surface area contributed by atoms with Gasteiger partial charge in [0.25, 0.3) is 11.4 Å². The molecule has 1 aliphatic rings. The van der Waals surface area contributed by atoms with Crippen LogP contribution in [0.5, 0.6) is 0 Å². The minimum Gasteiger partial charge on any atom is -0.333 e. The molecule has 0 radical (unpaired) electrons. The minimum atomic E-state index is 0.0159. The summed E-state index contributed by atoms with van der Waals surface area (Å²) in [4.78, 5) is 22.9. The van der Waals surface area contributed by atoms with Crippen LogP contribution in [0, 0.1) is 13.8 Å². The second-order valence-electron chi connectivity index (χ2n) is 7.37. The molecule has 0 spiro atoms. The lowest BCUT2D eigenvalue weighted by molar-refractivity contribution is 0.433. The van der Waals surface area contributed by atoms with E-state index in [9.17, 15) is 4.79 Å². The van der Waals surface area contributed by atoms with Crippen molar-refractivity contribution >= 4 is 22.4 Å². The highest BCUT2D eigenvalue weighted by atomic mass is 32.1. The van der Waals surface area contributed by atoms with Crippen LogP contribution in [0.3, 0.4) is 0 Å². The number of thiophene rings is 1. The Bertz CT molecular complexity index is 1230. The molecule has 0 unspecified atom stereocenters. The van der Waals surface area contributed by atoms with Crippen LogP contribution in [-0.4, -0.2) is 19.7 Å². The molecule has 0 atom stereocenters. The van der Waals surface area contributed by atoms with Crippen LogP contribution in [-0.2, 0) is 0 Å². The predicted octanol–water partition coefficient (Wildman–Crippen LogP) is 4.91. The van der Waals surface area contributed by atoms with Crippen molar-refractivity contribution in [3.8, 4) is 22.2 Å². The van der Waals surface area contributed by atoms with E-state index in [1.165, 1.54) is 12.8 Å². The first-order valence-corrected chi connectivity index (χ1v) is 10.4. The highest BCUT2D eigenvalue weighted by molar-refractivity contribution is 7.13. The van der Waals surface area contributed by atoms with Gasteiger partial charge in [0.15, 0.2) is 0 Å². The number of rotatable bonds is 3. The van der Waals surface area contributed by atoms with Crippen molar-refractivity contribution in [2.45, 2.75) is 45.6 Å². The van der Waals surface area contributed by atoms with E-state index in [0.29, 0.717) is 17.4 Å². The van der Waals surface area contributed by atoms with Gasteiger partial charge in [-0.25, -0.2) is 4.98 Å². The van der Waals surface area contributed by atoms with Crippen molar-refractivity contribution in [2.75, 3.05) is 0 Å². The molecule has 3 heterocycles. The quantitative estimate of drug-likeness (QED) is 0.495. The maximum Gasteiger partial charge on any atom is 0.272 e. The number of benzene rings is 1. The fourth-order valence-electron chi connectivity index (χ4n) is 4.02. The molecular weight excluding hydrogens is 372 g/mol. The molecule has 3 aromatic heterocycles. The Morgan fingerprint density at radius 2 is 1.96 bits per heavy atom. The number of aryl methyl sites for hydroxylation is 2. The van der Waals surface area contributed by atoms with Crippen molar-refractivity contribution in [3.05, 3.63) is 51.3 Å². The normalized spacial score (nSPS) is 14.9. The van der Waals surface area contributed by atoms with Crippen molar-refractivity contribution in [3.63, 3.8) is 0 Å². The summed E-state index contributed by atoms with van der Waals surface area (Å²) in [5, 5.41) is 6.17. The van der Waals surface area contributed by atoms with Gasteiger partial charge < -0.3 is 9.09 Å². The molecule has 4 aromatic rings. The van der Waals surface area contributed by atoms with Crippen LogP contribution in [0.15, 0.2) is 39.0 Å². The van der Waals surface area contributed by atoms with Gasteiger partial charge in [-0.15, -0.1) is 11.3 Å². The van der Waals surface area contributed by atoms with Gasteiger partial charge in [0.05, 0.1) is 15.9 Å². The molecule has 1 aromatic carbocycles. The van der Waals surface area contributed by atoms with E-state index < -0.39 is 0 Å². The average molecular weight is 392 g/mol. The second-order valence-corrected chi connectivity index (χ2v) is 8.29. The first-order chi connectivity index (χ1) is 13.6. The number of hydrogen-bond donors (Lipinski definition) is 0. The summed E-state index contributed by atoms with van der Waals surface area (Å²) >= 11 is 1.59. The molecule has 142 valence electrons. The third-order valence-electron chi connectivity index (χ3n) is 5.48. The zero-order valence-electron chi connectivity index (χ0n) is 15.8. The molecular formula is C21H20N4O2S. The number of hydrogen-bond acceptors (Lipinski definition) is 6. The molecule has 7 heteroatoms. The SMILES string of the molecule is Cc1ccsc1-c1nc(-c2ccc3c(c2)nc(C)c(=O)n3C2CCCC2)no1. The zero-order chi connectivity index (χ0) is 19.3. The Hall–Kier alpha value is -2.80. The molecule has 1 fully saturated rings. The molecule has 0 saturated heterocycles. The van der Waals surface area contributed by atoms with Crippen LogP contribution in [0.25, 0.3) is 33.2 Å². The molecule has 28 heavy (non-hydrogen) atoms. The average Bonchev–Trinajstić information content (AvgIpc) is 3.43. The van der Waals surface area contributed by atoms with E-state index in [2.05, 4.69) is 15.1 Å². The molecule has 0 bridgehead atoms. The maximum absolute atomic E-state index is 12.8. The Morgan fingerprint density at radius 3 is 2.71 bits per heavy atom. The summed E-state index contributed by atoms with van der Waals surface area (Å²) in [7, 11) is 0. The van der Waals surface area contributed by atoms with Crippen LogP contribution in [0.2, 0.25) is 0 Å². The number of fused-ring (bicyclic) bond motifs is 1. The Morgan fingerprint density at radius 1 is 1.14 bits per heavy atom. The lowest BCUT2D eigenvalue weighted by atomic mass is 10.1. The van der Waals surface area contributed by atoms with Gasteiger partial charge in [0.1, 0.15) is 5.69 Å². The van der Waals surface area contributed by atoms with E-state index in [-0.39, 0.29) is 11.6 Å². The summed E-state index contributed by atoms with van der Waals surface area (Å²) in [5.74, 6) is 1.06. The molecule has 1 saturated carbocycles. The third-order valence-corrected chi connectivity index (χ3v) is 6.49. The summed E-state index contributed by atoms with van der Waals surface area (Å²) in [6.07, 6.45) is 4.45. The summed E-state index contributed by atoms with van der Waals surface area (Å²) in [6, 6.07) is 8.16. The van der Waals surface area contributed by atoms with Crippen molar-refractivity contribution in [2.24, 2.45) is 0 Å². The van der Waals surface area contributed by atoms with Gasteiger partial charge in [-0.2, -0.15) is 4.98 Å². The predicted molar refractivity (Wildman–Crippen MR) is 110 cm³/mol. The van der Waals surface area contributed by atoms with Gasteiger partial charge in [0.2, 0.25) is 5.82 Å². The fourth-order valence-corrected chi connectivity index (χ4v) is 4.86. The first kappa shape index (κ1) is 17.3. The maximum atomic E-state index is 12.8. The fraction of sp³-hybridized carbons (Fsp3) is 0.333. The summed E-state index contributed by atoms with van der Waals surface area (Å²) < 4.78 is 7.41. The van der Waals surface area contributed by atoms with Crippen molar-refractivity contribution in [1.82, 2.24) is 19.7 Å². The summed E-state index contributed by atoms with van der Waals surface area (Å²) in [6.45, 7) is 3.81. The second kappa shape index (κ2) is 6.67. The standard InChI is InChI=1S/C21H20N4O2S/c1-12-9-10-28-18(12)20-23-19(24-27-20)14-7-8-17-16(11-14)22-13(2)21(26)25(17)15-5-3-4-6-15/h7-11,15H,3-6H2,1-2H3. The molecule has 0 amide bonds. The van der Waals surface area contributed by atoms with Gasteiger partial charge in [-0.3, -0.25) is 4.79 Å². The summed E-state index contributed by atoms with van der Waals surface area (Å²) in [5.41, 5.74) is 4.17. The topological polar surface area (TPSA) is 73.8 Å². The van der Waals surface area contributed by atoms with E-state index in [0.717, 1.165) is 39.9 Å². The molecule has 1 aliphatic carbocycles.